The summed E-state index contributed by atoms with van der Waals surface area (Å²) in [4.78, 5) is 21.3. The number of hydrogen-bond donors (Lipinski definition) is 2. The standard InChI is InChI=1S/C28H33FN4O5S/c1-19-15-33(20(2)18-34)28(35)25-14-23(31-39(36,37)24-7-4-22(29)5-8-24)6-9-26(25)38-27(19)17-32(3)16-21-10-12-30-13-11-21/h4-14,19-20,27,31,34H,15-18H2,1-3H3/t19-,20+,27+/m0/s1. The molecule has 1 aromatic heterocycles. The fraction of sp³-hybridized carbons (Fsp3) is 0.357. The van der Waals surface area contributed by atoms with E-state index in [0.29, 0.717) is 25.4 Å². The highest BCUT2D eigenvalue weighted by Crippen LogP contribution is 2.31. The summed E-state index contributed by atoms with van der Waals surface area (Å²) >= 11 is 0. The predicted molar refractivity (Wildman–Crippen MR) is 145 cm³/mol. The molecular formula is C28H33FN4O5S. The van der Waals surface area contributed by atoms with E-state index < -0.39 is 21.9 Å². The molecule has 1 aliphatic rings. The van der Waals surface area contributed by atoms with Gasteiger partial charge in [0.1, 0.15) is 17.7 Å². The lowest BCUT2D eigenvalue weighted by Gasteiger charge is -2.38. The van der Waals surface area contributed by atoms with Gasteiger partial charge >= 0.3 is 0 Å². The summed E-state index contributed by atoms with van der Waals surface area (Å²) in [5.41, 5.74) is 1.45. The molecule has 0 unspecified atom stereocenters. The van der Waals surface area contributed by atoms with Crippen LogP contribution in [0.5, 0.6) is 5.75 Å². The van der Waals surface area contributed by atoms with Crippen molar-refractivity contribution >= 4 is 21.6 Å². The fourth-order valence-corrected chi connectivity index (χ4v) is 5.55. The van der Waals surface area contributed by atoms with Gasteiger partial charge in [-0.15, -0.1) is 0 Å². The van der Waals surface area contributed by atoms with Crippen LogP contribution in [0.15, 0.2) is 71.9 Å². The number of hydrogen-bond acceptors (Lipinski definition) is 7. The number of carbonyl (C=O) groups is 1. The van der Waals surface area contributed by atoms with Gasteiger partial charge in [-0.2, -0.15) is 0 Å². The van der Waals surface area contributed by atoms with E-state index in [1.165, 1.54) is 24.3 Å². The number of ether oxygens (including phenoxy) is 1. The fourth-order valence-electron chi connectivity index (χ4n) is 4.50. The molecule has 0 saturated carbocycles. The van der Waals surface area contributed by atoms with E-state index in [0.717, 1.165) is 17.7 Å². The molecule has 3 aromatic rings. The van der Waals surface area contributed by atoms with E-state index in [1.807, 2.05) is 26.1 Å². The second-order valence-electron chi connectivity index (χ2n) is 9.95. The predicted octanol–water partition coefficient (Wildman–Crippen LogP) is 3.37. The average molecular weight is 557 g/mol. The number of carbonyl (C=O) groups excluding carboxylic acids is 1. The second kappa shape index (κ2) is 12.1. The van der Waals surface area contributed by atoms with Gasteiger partial charge in [-0.1, -0.05) is 6.92 Å². The molecular weight excluding hydrogens is 523 g/mol. The normalized spacial score (nSPS) is 18.6. The highest BCUT2D eigenvalue weighted by Gasteiger charge is 2.33. The minimum absolute atomic E-state index is 0.0624. The lowest BCUT2D eigenvalue weighted by molar-refractivity contribution is 0.0341. The van der Waals surface area contributed by atoms with E-state index in [-0.39, 0.29) is 40.7 Å². The number of aromatic nitrogens is 1. The van der Waals surface area contributed by atoms with Crippen LogP contribution in [0, 0.1) is 11.7 Å². The third-order valence-electron chi connectivity index (χ3n) is 6.73. The lowest BCUT2D eigenvalue weighted by Crippen LogP contribution is -2.49. The van der Waals surface area contributed by atoms with Gasteiger partial charge in [-0.3, -0.25) is 19.4 Å². The zero-order valence-electron chi connectivity index (χ0n) is 22.1. The Kier molecular flexibility index (Phi) is 8.83. The molecule has 9 nitrogen and oxygen atoms in total. The topological polar surface area (TPSA) is 112 Å². The molecule has 208 valence electrons. The number of anilines is 1. The highest BCUT2D eigenvalue weighted by atomic mass is 32.2. The summed E-state index contributed by atoms with van der Waals surface area (Å²) in [5.74, 6) is -0.655. The minimum Gasteiger partial charge on any atom is -0.488 e. The number of nitrogens with zero attached hydrogens (tertiary/aromatic N) is 3. The Morgan fingerprint density at radius 3 is 2.54 bits per heavy atom. The average Bonchev–Trinajstić information content (AvgIpc) is 2.91. The Morgan fingerprint density at radius 1 is 1.18 bits per heavy atom. The first-order chi connectivity index (χ1) is 18.6. The van der Waals surface area contributed by atoms with Crippen LogP contribution in [-0.2, 0) is 16.6 Å². The third-order valence-corrected chi connectivity index (χ3v) is 8.13. The Hall–Kier alpha value is -3.54. The number of likely N-dealkylation sites (N-methyl/N-ethyl adjacent to an activating group) is 1. The summed E-state index contributed by atoms with van der Waals surface area (Å²) in [6.45, 7) is 5.14. The van der Waals surface area contributed by atoms with Crippen molar-refractivity contribution in [1.82, 2.24) is 14.8 Å². The minimum atomic E-state index is -4.02. The number of aliphatic hydroxyl groups is 1. The quantitative estimate of drug-likeness (QED) is 0.416. The summed E-state index contributed by atoms with van der Waals surface area (Å²) in [6.07, 6.45) is 3.20. The largest absolute Gasteiger partial charge is 0.488 e. The number of pyridine rings is 1. The molecule has 3 atom stereocenters. The molecule has 0 radical (unpaired) electrons. The molecule has 39 heavy (non-hydrogen) atoms. The Labute approximate surface area is 228 Å². The number of fused-ring (bicyclic) bond motifs is 1. The summed E-state index contributed by atoms with van der Waals surface area (Å²) < 4.78 is 47.9. The smallest absolute Gasteiger partial charge is 0.261 e. The number of benzene rings is 2. The Balaban J connectivity index is 1.63. The van der Waals surface area contributed by atoms with Gasteiger partial charge in [0.05, 0.1) is 23.1 Å². The maximum atomic E-state index is 13.6. The van der Waals surface area contributed by atoms with Gasteiger partial charge in [0.15, 0.2) is 0 Å². The zero-order chi connectivity index (χ0) is 28.2. The number of aliphatic hydroxyl groups excluding tert-OH is 1. The van der Waals surface area contributed by atoms with Gasteiger partial charge < -0.3 is 14.7 Å². The first kappa shape index (κ1) is 28.5. The summed E-state index contributed by atoms with van der Waals surface area (Å²) in [6, 6.07) is 12.4. The SMILES string of the molecule is C[C@H](CO)N1C[C@H](C)[C@@H](CN(C)Cc2ccncc2)Oc2ccc(NS(=O)(=O)c3ccc(F)cc3)cc2C1=O. The molecule has 2 aromatic carbocycles. The van der Waals surface area contributed by atoms with E-state index in [2.05, 4.69) is 14.6 Å². The van der Waals surface area contributed by atoms with Crippen molar-refractivity contribution in [3.8, 4) is 5.75 Å². The summed E-state index contributed by atoms with van der Waals surface area (Å²) in [5, 5.41) is 9.87. The van der Waals surface area contributed by atoms with E-state index in [1.54, 1.807) is 30.3 Å². The maximum absolute atomic E-state index is 13.6. The molecule has 0 spiro atoms. The molecule has 1 amide bonds. The van der Waals surface area contributed by atoms with Gasteiger partial charge in [0.25, 0.3) is 15.9 Å². The van der Waals surface area contributed by atoms with Crippen LogP contribution in [0.2, 0.25) is 0 Å². The van der Waals surface area contributed by atoms with Crippen molar-refractivity contribution in [2.75, 3.05) is 31.5 Å². The van der Waals surface area contributed by atoms with E-state index in [9.17, 15) is 22.7 Å². The number of rotatable bonds is 9. The molecule has 0 fully saturated rings. The van der Waals surface area contributed by atoms with Crippen molar-refractivity contribution < 1.29 is 27.4 Å². The highest BCUT2D eigenvalue weighted by molar-refractivity contribution is 7.92. The number of nitrogens with one attached hydrogen (secondary N) is 1. The molecule has 4 rings (SSSR count). The monoisotopic (exact) mass is 556 g/mol. The van der Waals surface area contributed by atoms with Gasteiger partial charge in [-0.05, 0) is 74.1 Å². The maximum Gasteiger partial charge on any atom is 0.261 e. The Bertz CT molecular complexity index is 1390. The van der Waals surface area contributed by atoms with Crippen LogP contribution >= 0.6 is 0 Å². The van der Waals surface area contributed by atoms with Crippen LogP contribution < -0.4 is 9.46 Å². The second-order valence-corrected chi connectivity index (χ2v) is 11.6. The van der Waals surface area contributed by atoms with Crippen LogP contribution in [0.3, 0.4) is 0 Å². The van der Waals surface area contributed by atoms with Crippen molar-refractivity contribution in [3.63, 3.8) is 0 Å². The third kappa shape index (κ3) is 6.92. The first-order valence-corrected chi connectivity index (χ1v) is 14.1. The lowest BCUT2D eigenvalue weighted by atomic mass is 9.99. The van der Waals surface area contributed by atoms with Crippen molar-refractivity contribution in [2.45, 2.75) is 37.4 Å². The Morgan fingerprint density at radius 2 is 1.87 bits per heavy atom. The van der Waals surface area contributed by atoms with Crippen molar-refractivity contribution in [2.24, 2.45) is 5.92 Å². The van der Waals surface area contributed by atoms with Crippen LogP contribution in [0.4, 0.5) is 10.1 Å². The molecule has 0 saturated heterocycles. The van der Waals surface area contributed by atoms with E-state index in [4.69, 9.17) is 4.74 Å². The number of amides is 1. The molecule has 11 heteroatoms. The number of halogens is 1. The molecule has 0 aliphatic carbocycles. The molecule has 1 aliphatic heterocycles. The van der Waals surface area contributed by atoms with Gasteiger partial charge in [-0.25, -0.2) is 12.8 Å². The van der Waals surface area contributed by atoms with E-state index >= 15 is 0 Å². The summed E-state index contributed by atoms with van der Waals surface area (Å²) in [7, 11) is -2.03. The van der Waals surface area contributed by atoms with Crippen LogP contribution in [0.1, 0.15) is 29.8 Å². The zero-order valence-corrected chi connectivity index (χ0v) is 22.9. The first-order valence-electron chi connectivity index (χ1n) is 12.7. The van der Waals surface area contributed by atoms with Crippen LogP contribution in [0.25, 0.3) is 0 Å². The van der Waals surface area contributed by atoms with Gasteiger partial charge in [0, 0.05) is 43.6 Å². The van der Waals surface area contributed by atoms with Crippen molar-refractivity contribution in [1.29, 1.82) is 0 Å². The molecule has 2 N–H and O–H groups in total. The molecule has 0 bridgehead atoms. The number of sulfonamides is 1. The van der Waals surface area contributed by atoms with Crippen molar-refractivity contribution in [3.05, 3.63) is 83.9 Å². The van der Waals surface area contributed by atoms with Crippen LogP contribution in [-0.4, -0.2) is 73.1 Å². The molecule has 2 heterocycles. The van der Waals surface area contributed by atoms with Gasteiger partial charge in [0.2, 0.25) is 0 Å².